The van der Waals surface area contributed by atoms with Gasteiger partial charge in [-0.15, -0.1) is 15.3 Å². The average Bonchev–Trinajstić information content (AvgIpc) is 3.07. The molecule has 19 heavy (non-hydrogen) atoms. The van der Waals surface area contributed by atoms with Gasteiger partial charge in [0.2, 0.25) is 10.1 Å². The van der Waals surface area contributed by atoms with E-state index in [0.717, 1.165) is 13.0 Å². The van der Waals surface area contributed by atoms with Crippen molar-refractivity contribution in [3.8, 4) is 0 Å². The van der Waals surface area contributed by atoms with Gasteiger partial charge < -0.3 is 10.6 Å². The van der Waals surface area contributed by atoms with Crippen molar-refractivity contribution < 1.29 is 4.79 Å². The zero-order chi connectivity index (χ0) is 13.5. The summed E-state index contributed by atoms with van der Waals surface area (Å²) >= 11 is 1.25. The fourth-order valence-corrected chi connectivity index (χ4v) is 2.02. The Kier molecular flexibility index (Phi) is 4.78. The van der Waals surface area contributed by atoms with Gasteiger partial charge >= 0.3 is 0 Å². The summed E-state index contributed by atoms with van der Waals surface area (Å²) in [5.74, 6) is -0.220. The Hall–Kier alpha value is -2.03. The highest BCUT2D eigenvalue weighted by molar-refractivity contribution is 7.17. The molecule has 0 bridgehead atoms. The molecule has 0 aliphatic carbocycles. The van der Waals surface area contributed by atoms with Crippen molar-refractivity contribution >= 4 is 22.4 Å². The van der Waals surface area contributed by atoms with Crippen molar-refractivity contribution in [3.63, 3.8) is 0 Å². The monoisotopic (exact) mass is 281 g/mol. The highest BCUT2D eigenvalue weighted by atomic mass is 32.1. The number of carbonyl (C=O) groups excluding carboxylic acids is 1. The number of anilines is 1. The van der Waals surface area contributed by atoms with Crippen LogP contribution >= 0.6 is 11.3 Å². The van der Waals surface area contributed by atoms with E-state index in [9.17, 15) is 4.79 Å². The molecule has 0 spiro atoms. The predicted molar refractivity (Wildman–Crippen MR) is 71.0 cm³/mol. The van der Waals surface area contributed by atoms with Gasteiger partial charge in [0.1, 0.15) is 0 Å². The zero-order valence-electron chi connectivity index (χ0n) is 10.5. The maximum absolute atomic E-state index is 11.8. The molecule has 0 saturated carbocycles. The molecule has 102 valence electrons. The first-order valence-corrected chi connectivity index (χ1v) is 6.81. The summed E-state index contributed by atoms with van der Waals surface area (Å²) in [5, 5.41) is 22.1. The smallest absolute Gasteiger partial charge is 0.282 e. The van der Waals surface area contributed by atoms with Gasteiger partial charge in [-0.05, 0) is 6.42 Å². The number of hydrogen-bond acceptors (Lipinski definition) is 7. The van der Waals surface area contributed by atoms with E-state index >= 15 is 0 Å². The SMILES string of the molecule is CCCNc1nnc(C(=O)NCCn2ccnn2)s1. The van der Waals surface area contributed by atoms with Crippen LogP contribution < -0.4 is 10.6 Å². The molecule has 2 rings (SSSR count). The van der Waals surface area contributed by atoms with E-state index in [-0.39, 0.29) is 5.91 Å². The van der Waals surface area contributed by atoms with Crippen LogP contribution in [-0.4, -0.2) is 44.2 Å². The Morgan fingerprint density at radius 2 is 2.32 bits per heavy atom. The van der Waals surface area contributed by atoms with Crippen molar-refractivity contribution in [2.24, 2.45) is 0 Å². The topological polar surface area (TPSA) is 97.6 Å². The number of aromatic nitrogens is 5. The second-order valence-electron chi connectivity index (χ2n) is 3.76. The zero-order valence-corrected chi connectivity index (χ0v) is 11.4. The lowest BCUT2D eigenvalue weighted by Gasteiger charge is -2.01. The van der Waals surface area contributed by atoms with Gasteiger partial charge in [0.25, 0.3) is 5.91 Å². The van der Waals surface area contributed by atoms with Crippen LogP contribution in [0.1, 0.15) is 23.1 Å². The molecule has 0 aromatic carbocycles. The fourth-order valence-electron chi connectivity index (χ4n) is 1.33. The Labute approximate surface area is 114 Å². The minimum atomic E-state index is -0.220. The number of carbonyl (C=O) groups is 1. The second kappa shape index (κ2) is 6.78. The Bertz CT molecular complexity index is 510. The Balaban J connectivity index is 1.77. The maximum atomic E-state index is 11.8. The van der Waals surface area contributed by atoms with Crippen molar-refractivity contribution in [2.75, 3.05) is 18.4 Å². The van der Waals surface area contributed by atoms with Gasteiger partial charge in [0.05, 0.1) is 12.7 Å². The van der Waals surface area contributed by atoms with Crippen LogP contribution in [0.5, 0.6) is 0 Å². The Morgan fingerprint density at radius 3 is 3.05 bits per heavy atom. The van der Waals surface area contributed by atoms with Crippen molar-refractivity contribution in [1.29, 1.82) is 0 Å². The van der Waals surface area contributed by atoms with Crippen LogP contribution in [0.3, 0.4) is 0 Å². The lowest BCUT2D eigenvalue weighted by molar-refractivity contribution is 0.0951. The molecule has 0 radical (unpaired) electrons. The quantitative estimate of drug-likeness (QED) is 0.761. The van der Waals surface area contributed by atoms with Gasteiger partial charge in [0, 0.05) is 19.3 Å². The molecule has 8 nitrogen and oxygen atoms in total. The summed E-state index contributed by atoms with van der Waals surface area (Å²) in [6, 6.07) is 0. The molecular formula is C10H15N7OS. The third-order valence-corrected chi connectivity index (χ3v) is 3.12. The summed E-state index contributed by atoms with van der Waals surface area (Å²) < 4.78 is 1.65. The first-order chi connectivity index (χ1) is 9.29. The van der Waals surface area contributed by atoms with Crippen LogP contribution in [0.4, 0.5) is 5.13 Å². The number of nitrogens with zero attached hydrogens (tertiary/aromatic N) is 5. The van der Waals surface area contributed by atoms with E-state index in [1.54, 1.807) is 17.1 Å². The minimum absolute atomic E-state index is 0.220. The van der Waals surface area contributed by atoms with Crippen LogP contribution in [-0.2, 0) is 6.54 Å². The molecule has 0 fully saturated rings. The average molecular weight is 281 g/mol. The fraction of sp³-hybridized carbons (Fsp3) is 0.500. The lowest BCUT2D eigenvalue weighted by atomic mass is 10.5. The van der Waals surface area contributed by atoms with Crippen molar-refractivity contribution in [3.05, 3.63) is 17.4 Å². The Morgan fingerprint density at radius 1 is 1.42 bits per heavy atom. The van der Waals surface area contributed by atoms with E-state index in [4.69, 9.17) is 0 Å². The summed E-state index contributed by atoms with van der Waals surface area (Å²) in [5.41, 5.74) is 0. The van der Waals surface area contributed by atoms with E-state index in [0.29, 0.717) is 23.2 Å². The molecule has 0 saturated heterocycles. The highest BCUT2D eigenvalue weighted by Crippen LogP contribution is 2.14. The largest absolute Gasteiger partial charge is 0.360 e. The lowest BCUT2D eigenvalue weighted by Crippen LogP contribution is -2.27. The number of hydrogen-bond donors (Lipinski definition) is 2. The third-order valence-electron chi connectivity index (χ3n) is 2.24. The summed E-state index contributed by atoms with van der Waals surface area (Å²) in [6.45, 7) is 3.93. The molecule has 2 heterocycles. The van der Waals surface area contributed by atoms with E-state index < -0.39 is 0 Å². The van der Waals surface area contributed by atoms with Crippen LogP contribution in [0, 0.1) is 0 Å². The molecule has 2 aromatic heterocycles. The number of rotatable bonds is 7. The highest BCUT2D eigenvalue weighted by Gasteiger charge is 2.11. The molecule has 0 atom stereocenters. The number of amides is 1. The molecule has 0 unspecified atom stereocenters. The molecule has 9 heteroatoms. The third kappa shape index (κ3) is 3.98. The molecule has 0 aliphatic rings. The van der Waals surface area contributed by atoms with Gasteiger partial charge in [-0.3, -0.25) is 9.48 Å². The van der Waals surface area contributed by atoms with Crippen molar-refractivity contribution in [1.82, 2.24) is 30.5 Å². The molecule has 2 N–H and O–H groups in total. The van der Waals surface area contributed by atoms with E-state index in [1.165, 1.54) is 11.3 Å². The first kappa shape index (κ1) is 13.4. The summed E-state index contributed by atoms with van der Waals surface area (Å²) in [6.07, 6.45) is 4.33. The summed E-state index contributed by atoms with van der Waals surface area (Å²) in [7, 11) is 0. The van der Waals surface area contributed by atoms with Gasteiger partial charge in [-0.25, -0.2) is 0 Å². The van der Waals surface area contributed by atoms with E-state index in [2.05, 4.69) is 38.1 Å². The van der Waals surface area contributed by atoms with E-state index in [1.807, 2.05) is 0 Å². The molecule has 2 aromatic rings. The molecule has 1 amide bonds. The van der Waals surface area contributed by atoms with Gasteiger partial charge in [-0.2, -0.15) is 0 Å². The van der Waals surface area contributed by atoms with Gasteiger partial charge in [-0.1, -0.05) is 23.5 Å². The minimum Gasteiger partial charge on any atom is -0.360 e. The van der Waals surface area contributed by atoms with Crippen LogP contribution in [0.2, 0.25) is 0 Å². The van der Waals surface area contributed by atoms with Crippen LogP contribution in [0.15, 0.2) is 12.4 Å². The van der Waals surface area contributed by atoms with Crippen molar-refractivity contribution in [2.45, 2.75) is 19.9 Å². The molecule has 0 aliphatic heterocycles. The molecular weight excluding hydrogens is 266 g/mol. The first-order valence-electron chi connectivity index (χ1n) is 5.99. The normalized spacial score (nSPS) is 10.4. The predicted octanol–water partition coefficient (Wildman–Crippen LogP) is 0.381. The second-order valence-corrected chi connectivity index (χ2v) is 4.74. The van der Waals surface area contributed by atoms with Gasteiger partial charge in [0.15, 0.2) is 0 Å². The summed E-state index contributed by atoms with van der Waals surface area (Å²) in [4.78, 5) is 11.8. The number of nitrogens with one attached hydrogen (secondary N) is 2. The maximum Gasteiger partial charge on any atom is 0.282 e. The van der Waals surface area contributed by atoms with Crippen LogP contribution in [0.25, 0.3) is 0 Å². The standard InChI is InChI=1S/C10H15N7OS/c1-2-3-12-10-15-14-9(19-10)8(18)11-4-6-17-7-5-13-16-17/h5,7H,2-4,6H2,1H3,(H,11,18)(H,12,15).